The maximum Gasteiger partial charge on any atom is 0.330 e. The lowest BCUT2D eigenvalue weighted by atomic mass is 9.94. The monoisotopic (exact) mass is 319 g/mol. The van der Waals surface area contributed by atoms with Gasteiger partial charge in [-0.15, -0.1) is 0 Å². The lowest BCUT2D eigenvalue weighted by molar-refractivity contribution is -0.137. The fourth-order valence-corrected chi connectivity index (χ4v) is 2.17. The molecule has 0 bridgehead atoms. The molecule has 0 saturated heterocycles. The Balaban J connectivity index is 2.91. The molecule has 1 aromatic rings. The van der Waals surface area contributed by atoms with Gasteiger partial charge in [-0.25, -0.2) is 4.79 Å². The molecule has 4 nitrogen and oxygen atoms in total. The predicted molar refractivity (Wildman–Crippen MR) is 92.7 cm³/mol. The standard InChI is InChI=1S/C19H29NO3/c1-12(2)14-9-8-10-15(13(3)4)17(14)23-16(21)11-20-18(22)19(5,6)7/h8-10,12-13H,11H2,1-7H3,(H,20,22). The van der Waals surface area contributed by atoms with Gasteiger partial charge in [0.25, 0.3) is 0 Å². The van der Waals surface area contributed by atoms with E-state index in [0.717, 1.165) is 11.1 Å². The highest BCUT2D eigenvalue weighted by molar-refractivity contribution is 5.86. The van der Waals surface area contributed by atoms with E-state index in [1.54, 1.807) is 20.8 Å². The molecule has 0 spiro atoms. The van der Waals surface area contributed by atoms with E-state index in [0.29, 0.717) is 5.75 Å². The first kappa shape index (κ1) is 19.2. The molecule has 0 atom stereocenters. The van der Waals surface area contributed by atoms with Crippen molar-refractivity contribution in [3.63, 3.8) is 0 Å². The van der Waals surface area contributed by atoms with E-state index in [1.165, 1.54) is 0 Å². The van der Waals surface area contributed by atoms with Crippen molar-refractivity contribution in [2.45, 2.75) is 60.3 Å². The topological polar surface area (TPSA) is 55.4 Å². The van der Waals surface area contributed by atoms with Gasteiger partial charge in [-0.2, -0.15) is 0 Å². The summed E-state index contributed by atoms with van der Waals surface area (Å²) in [6.07, 6.45) is 0. The lowest BCUT2D eigenvalue weighted by Crippen LogP contribution is -2.39. The van der Waals surface area contributed by atoms with Crippen molar-refractivity contribution in [2.75, 3.05) is 6.54 Å². The van der Waals surface area contributed by atoms with Gasteiger partial charge < -0.3 is 10.1 Å². The van der Waals surface area contributed by atoms with Crippen LogP contribution in [0.15, 0.2) is 18.2 Å². The van der Waals surface area contributed by atoms with Crippen molar-refractivity contribution in [1.82, 2.24) is 5.32 Å². The Bertz CT molecular complexity index is 542. The quantitative estimate of drug-likeness (QED) is 0.659. The van der Waals surface area contributed by atoms with E-state index in [1.807, 2.05) is 18.2 Å². The summed E-state index contributed by atoms with van der Waals surface area (Å²) in [5, 5.41) is 2.63. The predicted octanol–water partition coefficient (Wildman–Crippen LogP) is 4.00. The van der Waals surface area contributed by atoms with Gasteiger partial charge in [-0.1, -0.05) is 66.7 Å². The molecule has 128 valence electrons. The zero-order valence-electron chi connectivity index (χ0n) is 15.3. The molecule has 0 fully saturated rings. The van der Waals surface area contributed by atoms with Crippen LogP contribution < -0.4 is 10.1 Å². The van der Waals surface area contributed by atoms with Crippen molar-refractivity contribution in [3.05, 3.63) is 29.3 Å². The van der Waals surface area contributed by atoms with E-state index < -0.39 is 11.4 Å². The maximum absolute atomic E-state index is 12.2. The van der Waals surface area contributed by atoms with Crippen LogP contribution in [0.5, 0.6) is 5.75 Å². The number of carbonyl (C=O) groups excluding carboxylic acids is 2. The first-order valence-electron chi connectivity index (χ1n) is 8.15. The summed E-state index contributed by atoms with van der Waals surface area (Å²) >= 11 is 0. The molecule has 1 aromatic carbocycles. The molecular weight excluding hydrogens is 290 g/mol. The minimum absolute atomic E-state index is 0.125. The van der Waals surface area contributed by atoms with Crippen LogP contribution in [0.1, 0.15) is 71.4 Å². The van der Waals surface area contributed by atoms with Gasteiger partial charge in [0.15, 0.2) is 0 Å². The Kier molecular flexibility index (Phi) is 6.37. The fourth-order valence-electron chi connectivity index (χ4n) is 2.17. The van der Waals surface area contributed by atoms with Crippen LogP contribution in [0, 0.1) is 5.41 Å². The Labute approximate surface area is 139 Å². The van der Waals surface area contributed by atoms with Crippen LogP contribution >= 0.6 is 0 Å². The summed E-state index contributed by atoms with van der Waals surface area (Å²) in [7, 11) is 0. The minimum Gasteiger partial charge on any atom is -0.425 e. The maximum atomic E-state index is 12.2. The van der Waals surface area contributed by atoms with Gasteiger partial charge in [0, 0.05) is 5.41 Å². The summed E-state index contributed by atoms with van der Waals surface area (Å²) < 4.78 is 5.61. The average Bonchev–Trinajstić information content (AvgIpc) is 2.43. The second kappa shape index (κ2) is 7.62. The van der Waals surface area contributed by atoms with Crippen molar-refractivity contribution >= 4 is 11.9 Å². The zero-order chi connectivity index (χ0) is 17.8. The largest absolute Gasteiger partial charge is 0.425 e. The van der Waals surface area contributed by atoms with Crippen LogP contribution in [-0.2, 0) is 9.59 Å². The Morgan fingerprint density at radius 1 is 1.04 bits per heavy atom. The third kappa shape index (κ3) is 5.38. The molecular formula is C19H29NO3. The molecule has 0 aliphatic rings. The van der Waals surface area contributed by atoms with Gasteiger partial charge in [0.1, 0.15) is 12.3 Å². The van der Waals surface area contributed by atoms with Crippen LogP contribution in [0.3, 0.4) is 0 Å². The summed E-state index contributed by atoms with van der Waals surface area (Å²) in [4.78, 5) is 24.0. The normalized spacial score (nSPS) is 11.7. The SMILES string of the molecule is CC(C)c1cccc(C(C)C)c1OC(=O)CNC(=O)C(C)(C)C. The molecule has 0 unspecified atom stereocenters. The van der Waals surface area contributed by atoms with Gasteiger partial charge >= 0.3 is 5.97 Å². The first-order valence-corrected chi connectivity index (χ1v) is 8.15. The molecule has 0 radical (unpaired) electrons. The number of carbonyl (C=O) groups is 2. The number of nitrogens with one attached hydrogen (secondary N) is 1. The van der Waals surface area contributed by atoms with E-state index >= 15 is 0 Å². The van der Waals surface area contributed by atoms with E-state index in [2.05, 4.69) is 33.0 Å². The number of benzene rings is 1. The van der Waals surface area contributed by atoms with Crippen LogP contribution in [-0.4, -0.2) is 18.4 Å². The summed E-state index contributed by atoms with van der Waals surface area (Å²) in [5.74, 6) is 0.516. The molecule has 0 saturated carbocycles. The van der Waals surface area contributed by atoms with Crippen LogP contribution in [0.2, 0.25) is 0 Å². The molecule has 0 aliphatic carbocycles. The first-order chi connectivity index (χ1) is 10.5. The number of rotatable bonds is 5. The highest BCUT2D eigenvalue weighted by Gasteiger charge is 2.23. The Morgan fingerprint density at radius 2 is 1.52 bits per heavy atom. The zero-order valence-corrected chi connectivity index (χ0v) is 15.3. The van der Waals surface area contributed by atoms with E-state index in [9.17, 15) is 9.59 Å². The third-order valence-corrected chi connectivity index (χ3v) is 3.61. The second-order valence-corrected chi connectivity index (χ2v) is 7.48. The van der Waals surface area contributed by atoms with Gasteiger partial charge in [-0.05, 0) is 23.0 Å². The molecule has 4 heteroatoms. The molecule has 1 rings (SSSR count). The molecule has 0 heterocycles. The Hall–Kier alpha value is -1.84. The number of para-hydroxylation sites is 1. The molecule has 0 aliphatic heterocycles. The third-order valence-electron chi connectivity index (χ3n) is 3.61. The number of ether oxygens (including phenoxy) is 1. The van der Waals surface area contributed by atoms with Crippen molar-refractivity contribution in [2.24, 2.45) is 5.41 Å². The Morgan fingerprint density at radius 3 is 1.91 bits per heavy atom. The number of amides is 1. The van der Waals surface area contributed by atoms with Gasteiger partial charge in [0.05, 0.1) is 0 Å². The van der Waals surface area contributed by atoms with Crippen LogP contribution in [0.4, 0.5) is 0 Å². The highest BCUT2D eigenvalue weighted by Crippen LogP contribution is 2.34. The van der Waals surface area contributed by atoms with Crippen molar-refractivity contribution in [3.8, 4) is 5.75 Å². The molecule has 1 amide bonds. The number of hydrogen-bond acceptors (Lipinski definition) is 3. The number of esters is 1. The molecule has 0 aromatic heterocycles. The molecule has 23 heavy (non-hydrogen) atoms. The average molecular weight is 319 g/mol. The second-order valence-electron chi connectivity index (χ2n) is 7.48. The van der Waals surface area contributed by atoms with Crippen molar-refractivity contribution < 1.29 is 14.3 Å². The summed E-state index contributed by atoms with van der Waals surface area (Å²) in [5.41, 5.74) is 1.48. The summed E-state index contributed by atoms with van der Waals surface area (Å²) in [6, 6.07) is 5.95. The molecule has 1 N–H and O–H groups in total. The lowest BCUT2D eigenvalue weighted by Gasteiger charge is -2.20. The van der Waals surface area contributed by atoms with E-state index in [4.69, 9.17) is 4.74 Å². The summed E-state index contributed by atoms with van der Waals surface area (Å²) in [6.45, 7) is 13.6. The minimum atomic E-state index is -0.529. The number of hydrogen-bond donors (Lipinski definition) is 1. The van der Waals surface area contributed by atoms with E-state index in [-0.39, 0.29) is 24.3 Å². The fraction of sp³-hybridized carbons (Fsp3) is 0.579. The highest BCUT2D eigenvalue weighted by atomic mass is 16.5. The van der Waals surface area contributed by atoms with Crippen LogP contribution in [0.25, 0.3) is 0 Å². The van der Waals surface area contributed by atoms with Gasteiger partial charge in [-0.3, -0.25) is 4.79 Å². The van der Waals surface area contributed by atoms with Crippen molar-refractivity contribution in [1.29, 1.82) is 0 Å². The smallest absolute Gasteiger partial charge is 0.330 e. The van der Waals surface area contributed by atoms with Gasteiger partial charge in [0.2, 0.25) is 5.91 Å².